The van der Waals surface area contributed by atoms with E-state index in [1.54, 1.807) is 0 Å². The van der Waals surface area contributed by atoms with E-state index in [1.165, 1.54) is 29.1 Å². The Hall–Kier alpha value is -1.39. The minimum atomic E-state index is -4.98. The highest BCUT2D eigenvalue weighted by Gasteiger charge is 2.48. The van der Waals surface area contributed by atoms with Gasteiger partial charge in [0.05, 0.1) is 6.61 Å². The molecule has 11 heteroatoms. The predicted octanol–water partition coefficient (Wildman–Crippen LogP) is -2.23. The van der Waals surface area contributed by atoms with Crippen molar-refractivity contribution in [1.29, 1.82) is 0 Å². The standard InChI is InChI=1S/C11H14NO9P/c13-8-7(5-20-22(17,18)19)21-10(9(8)14)12-3-1-2-6(4-12)11(15)16/h1-4,7-10,13-14H,5H2,(H2-,15,16,17,18,19)/t7-,8-,9+,10+/m0/s1. The van der Waals surface area contributed by atoms with Crippen molar-refractivity contribution in [3.05, 3.63) is 30.1 Å². The summed E-state index contributed by atoms with van der Waals surface area (Å²) < 4.78 is 21.2. The molecule has 1 aliphatic heterocycles. The van der Waals surface area contributed by atoms with Crippen molar-refractivity contribution in [2.24, 2.45) is 0 Å². The van der Waals surface area contributed by atoms with Crippen LogP contribution in [0, 0.1) is 0 Å². The molecule has 0 bridgehead atoms. The molecule has 5 atom stereocenters. The van der Waals surface area contributed by atoms with Gasteiger partial charge < -0.3 is 34.4 Å². The van der Waals surface area contributed by atoms with Gasteiger partial charge in [0, 0.05) is 6.07 Å². The molecule has 0 saturated carbocycles. The summed E-state index contributed by atoms with van der Waals surface area (Å²) in [4.78, 5) is 30.0. The largest absolute Gasteiger partial charge is 0.756 e. The van der Waals surface area contributed by atoms with E-state index in [2.05, 4.69) is 4.52 Å². The van der Waals surface area contributed by atoms with Crippen LogP contribution in [0.15, 0.2) is 24.5 Å². The van der Waals surface area contributed by atoms with Gasteiger partial charge in [-0.3, -0.25) is 4.57 Å². The highest BCUT2D eigenvalue weighted by atomic mass is 31.2. The number of carbonyl (C=O) groups is 1. The highest BCUT2D eigenvalue weighted by molar-refractivity contribution is 7.44. The normalized spacial score (nSPS) is 30.9. The third kappa shape index (κ3) is 3.87. The molecule has 122 valence electrons. The zero-order valence-corrected chi connectivity index (χ0v) is 11.9. The molecule has 0 aliphatic carbocycles. The number of hydrogen-bond acceptors (Lipinski definition) is 7. The number of nitrogens with zero attached hydrogens (tertiary/aromatic N) is 1. The molecular weight excluding hydrogens is 321 g/mol. The number of hydrogen-bond donors (Lipinski definition) is 4. The maximum absolute atomic E-state index is 10.9. The van der Waals surface area contributed by atoms with Crippen LogP contribution in [0.3, 0.4) is 0 Å². The summed E-state index contributed by atoms with van der Waals surface area (Å²) in [7, 11) is -4.98. The van der Waals surface area contributed by atoms with E-state index in [0.717, 1.165) is 0 Å². The Morgan fingerprint density at radius 1 is 1.45 bits per heavy atom. The number of carboxylic acid groups (broad SMARTS) is 1. The lowest BCUT2D eigenvalue weighted by atomic mass is 10.1. The number of aromatic carboxylic acids is 1. The van der Waals surface area contributed by atoms with E-state index >= 15 is 0 Å². The van der Waals surface area contributed by atoms with Crippen LogP contribution >= 0.6 is 7.82 Å². The second-order valence-corrected chi connectivity index (χ2v) is 5.85. The fraction of sp³-hybridized carbons (Fsp3) is 0.455. The van der Waals surface area contributed by atoms with E-state index in [0.29, 0.717) is 0 Å². The Kier molecular flexibility index (Phi) is 4.93. The molecular formula is C11H14NO9P. The van der Waals surface area contributed by atoms with Crippen molar-refractivity contribution < 1.29 is 48.3 Å². The van der Waals surface area contributed by atoms with Crippen LogP contribution in [0.5, 0.6) is 0 Å². The number of ether oxygens (including phenoxy) is 1. The van der Waals surface area contributed by atoms with Gasteiger partial charge in [-0.1, -0.05) is 0 Å². The monoisotopic (exact) mass is 335 g/mol. The molecule has 1 saturated heterocycles. The van der Waals surface area contributed by atoms with Gasteiger partial charge in [0.25, 0.3) is 14.1 Å². The van der Waals surface area contributed by atoms with E-state index in [4.69, 9.17) is 14.7 Å². The average molecular weight is 335 g/mol. The van der Waals surface area contributed by atoms with Crippen LogP contribution in [-0.4, -0.2) is 51.1 Å². The molecule has 22 heavy (non-hydrogen) atoms. The summed E-state index contributed by atoms with van der Waals surface area (Å²) >= 11 is 0. The van der Waals surface area contributed by atoms with E-state index in [9.17, 15) is 24.5 Å². The molecule has 1 aromatic rings. The zero-order valence-electron chi connectivity index (χ0n) is 11.1. The van der Waals surface area contributed by atoms with Crippen LogP contribution in [-0.2, 0) is 13.8 Å². The van der Waals surface area contributed by atoms with E-state index < -0.39 is 44.9 Å². The lowest BCUT2D eigenvalue weighted by Crippen LogP contribution is -2.46. The first-order chi connectivity index (χ1) is 10.2. The Bertz CT molecular complexity index is 603. The summed E-state index contributed by atoms with van der Waals surface area (Å²) in [6, 6.07) is 2.74. The molecule has 0 amide bonds. The van der Waals surface area contributed by atoms with Crippen molar-refractivity contribution in [3.8, 4) is 0 Å². The quantitative estimate of drug-likeness (QED) is 0.345. The number of aliphatic hydroxyl groups is 2. The van der Waals surface area contributed by atoms with Crippen molar-refractivity contribution in [3.63, 3.8) is 0 Å². The first kappa shape index (κ1) is 17.0. The predicted molar refractivity (Wildman–Crippen MR) is 65.3 cm³/mol. The first-order valence-electron chi connectivity index (χ1n) is 6.13. The molecule has 10 nitrogen and oxygen atoms in total. The molecule has 0 radical (unpaired) electrons. The fourth-order valence-electron chi connectivity index (χ4n) is 2.06. The van der Waals surface area contributed by atoms with Crippen molar-refractivity contribution >= 4 is 13.8 Å². The van der Waals surface area contributed by atoms with Crippen LogP contribution in [0.25, 0.3) is 0 Å². The van der Waals surface area contributed by atoms with Crippen molar-refractivity contribution in [1.82, 2.24) is 0 Å². The molecule has 2 heterocycles. The Morgan fingerprint density at radius 2 is 2.14 bits per heavy atom. The van der Waals surface area contributed by atoms with E-state index in [-0.39, 0.29) is 5.56 Å². The summed E-state index contributed by atoms with van der Waals surface area (Å²) in [6.45, 7) is -0.689. The van der Waals surface area contributed by atoms with Crippen LogP contribution in [0.4, 0.5) is 0 Å². The van der Waals surface area contributed by atoms with Gasteiger partial charge in [-0.15, -0.1) is 0 Å². The summed E-state index contributed by atoms with van der Waals surface area (Å²) in [5.41, 5.74) is -0.0630. The number of rotatable bonds is 5. The number of pyridine rings is 1. The van der Waals surface area contributed by atoms with Gasteiger partial charge in [-0.05, 0) is 6.07 Å². The Balaban J connectivity index is 2.14. The third-order valence-corrected chi connectivity index (χ3v) is 3.58. The highest BCUT2D eigenvalue weighted by Crippen LogP contribution is 2.33. The zero-order chi connectivity index (χ0) is 16.5. The second-order valence-electron chi connectivity index (χ2n) is 4.66. The number of aromatic nitrogens is 1. The molecule has 1 aromatic heterocycles. The number of aliphatic hydroxyl groups excluding tert-OH is 2. The molecule has 0 aromatic carbocycles. The lowest BCUT2D eigenvalue weighted by Gasteiger charge is -2.19. The maximum Gasteiger partial charge on any atom is 0.341 e. The summed E-state index contributed by atoms with van der Waals surface area (Å²) in [6.07, 6.45) is -2.65. The van der Waals surface area contributed by atoms with Gasteiger partial charge in [0.15, 0.2) is 18.5 Å². The first-order valence-corrected chi connectivity index (χ1v) is 7.62. The average Bonchev–Trinajstić information content (AvgIpc) is 2.72. The Labute approximate surface area is 124 Å². The number of phosphoric acid groups is 1. The topological polar surface area (TPSA) is 160 Å². The van der Waals surface area contributed by atoms with Gasteiger partial charge >= 0.3 is 5.97 Å². The summed E-state index contributed by atoms with van der Waals surface area (Å²) in [5.74, 6) is -1.19. The molecule has 4 N–H and O–H groups in total. The smallest absolute Gasteiger partial charge is 0.341 e. The van der Waals surface area contributed by atoms with Gasteiger partial charge in [0.1, 0.15) is 17.8 Å². The Morgan fingerprint density at radius 3 is 2.73 bits per heavy atom. The third-order valence-electron chi connectivity index (χ3n) is 3.10. The van der Waals surface area contributed by atoms with E-state index in [1.807, 2.05) is 0 Å². The van der Waals surface area contributed by atoms with Gasteiger partial charge in [0.2, 0.25) is 0 Å². The number of carboxylic acids is 1. The molecule has 1 unspecified atom stereocenters. The molecule has 2 rings (SSSR count). The summed E-state index contributed by atoms with van der Waals surface area (Å²) in [5, 5.41) is 28.7. The fourth-order valence-corrected chi connectivity index (χ4v) is 2.39. The van der Waals surface area contributed by atoms with Crippen molar-refractivity contribution in [2.45, 2.75) is 24.5 Å². The van der Waals surface area contributed by atoms with Gasteiger partial charge in [-0.2, -0.15) is 4.57 Å². The lowest BCUT2D eigenvalue weighted by molar-refractivity contribution is -0.765. The SMILES string of the molecule is O=C(O)c1ccc[n+]([C@@H]2O[C@@H](COP(=O)([O-])O)[C@H](O)[C@H]2O)c1. The van der Waals surface area contributed by atoms with Crippen LogP contribution < -0.4 is 9.46 Å². The number of phosphoric ester groups is 1. The second kappa shape index (κ2) is 6.39. The molecule has 1 fully saturated rings. The molecule has 0 spiro atoms. The van der Waals surface area contributed by atoms with Crippen molar-refractivity contribution in [2.75, 3.05) is 6.61 Å². The van der Waals surface area contributed by atoms with Gasteiger partial charge in [-0.25, -0.2) is 4.79 Å². The van der Waals surface area contributed by atoms with Crippen LogP contribution in [0.1, 0.15) is 16.6 Å². The van der Waals surface area contributed by atoms with Crippen LogP contribution in [0.2, 0.25) is 0 Å². The minimum Gasteiger partial charge on any atom is -0.756 e. The maximum atomic E-state index is 10.9. The minimum absolute atomic E-state index is 0.0630. The molecule has 1 aliphatic rings.